The summed E-state index contributed by atoms with van der Waals surface area (Å²) in [6, 6.07) is 12.4. The van der Waals surface area contributed by atoms with Gasteiger partial charge >= 0.3 is 11.7 Å². The minimum Gasteiger partial charge on any atom is -0.870 e. The van der Waals surface area contributed by atoms with Crippen molar-refractivity contribution in [2.45, 2.75) is 19.0 Å². The van der Waals surface area contributed by atoms with Gasteiger partial charge in [0.2, 0.25) is 5.69 Å². The lowest BCUT2D eigenvalue weighted by molar-refractivity contribution is -0.671. The molecule has 2 heterocycles. The van der Waals surface area contributed by atoms with Crippen LogP contribution in [0, 0.1) is 0 Å². The van der Waals surface area contributed by atoms with Crippen molar-refractivity contribution in [2.75, 3.05) is 0 Å². The number of hydrogen-bond donors (Lipinski definition) is 1. The van der Waals surface area contributed by atoms with Gasteiger partial charge in [-0.2, -0.15) is 13.2 Å². The van der Waals surface area contributed by atoms with Crippen molar-refractivity contribution in [1.29, 1.82) is 0 Å². The maximum Gasteiger partial charge on any atom is 0.416 e. The average molecular weight is 349 g/mol. The van der Waals surface area contributed by atoms with Crippen molar-refractivity contribution in [3.8, 4) is 11.4 Å². The summed E-state index contributed by atoms with van der Waals surface area (Å²) in [5.41, 5.74) is 1.52. The van der Waals surface area contributed by atoms with Crippen LogP contribution in [0.5, 0.6) is 0 Å². The van der Waals surface area contributed by atoms with Crippen LogP contribution >= 0.6 is 0 Å². The second-order valence-electron chi connectivity index (χ2n) is 5.70. The van der Waals surface area contributed by atoms with Gasteiger partial charge in [0.15, 0.2) is 11.4 Å². The van der Waals surface area contributed by atoms with E-state index >= 15 is 0 Å². The Hall–Kier alpha value is -2.87. The van der Waals surface area contributed by atoms with Gasteiger partial charge in [0, 0.05) is 12.0 Å². The van der Waals surface area contributed by atoms with Crippen LogP contribution in [0.2, 0.25) is 0 Å². The van der Waals surface area contributed by atoms with Crippen LogP contribution in [0.4, 0.5) is 13.2 Å². The SMILES string of the molecule is O=c1c2[n+]([nH]n1-c1cccc(C(F)(F)F)c1)-c1ccccc1CC2.[OH-]. The topological polar surface area (TPSA) is 71.7 Å². The van der Waals surface area contributed by atoms with Gasteiger partial charge in [-0.1, -0.05) is 34.2 Å². The quantitative estimate of drug-likeness (QED) is 0.685. The van der Waals surface area contributed by atoms with E-state index in [9.17, 15) is 18.0 Å². The van der Waals surface area contributed by atoms with Crippen molar-refractivity contribution in [3.05, 3.63) is 75.7 Å². The van der Waals surface area contributed by atoms with Crippen LogP contribution in [0.25, 0.3) is 11.4 Å². The lowest BCUT2D eigenvalue weighted by Gasteiger charge is -2.10. The molecule has 1 aliphatic rings. The molecule has 0 aliphatic carbocycles. The number of aromatic amines is 1. The summed E-state index contributed by atoms with van der Waals surface area (Å²) >= 11 is 0. The van der Waals surface area contributed by atoms with E-state index in [0.717, 1.165) is 34.5 Å². The van der Waals surface area contributed by atoms with Gasteiger partial charge in [-0.3, -0.25) is 0 Å². The first-order chi connectivity index (χ1) is 11.4. The molecule has 1 aliphatic heterocycles. The molecule has 5 nitrogen and oxygen atoms in total. The molecule has 0 amide bonds. The van der Waals surface area contributed by atoms with Crippen molar-refractivity contribution in [1.82, 2.24) is 9.90 Å². The molecule has 0 saturated heterocycles. The largest absolute Gasteiger partial charge is 0.870 e. The number of nitrogens with one attached hydrogen (secondary N) is 1. The molecule has 8 heteroatoms. The first-order valence-electron chi connectivity index (χ1n) is 7.47. The predicted molar refractivity (Wildman–Crippen MR) is 82.3 cm³/mol. The number of benzene rings is 2. The molecule has 0 saturated carbocycles. The van der Waals surface area contributed by atoms with Gasteiger partial charge in [-0.25, -0.2) is 4.79 Å². The lowest BCUT2D eigenvalue weighted by Crippen LogP contribution is -2.42. The molecule has 0 fully saturated rings. The molecule has 25 heavy (non-hydrogen) atoms. The highest BCUT2D eigenvalue weighted by molar-refractivity contribution is 5.38. The summed E-state index contributed by atoms with van der Waals surface area (Å²) in [4.78, 5) is 12.6. The number of fused-ring (bicyclic) bond motifs is 3. The van der Waals surface area contributed by atoms with Crippen molar-refractivity contribution < 1.29 is 23.3 Å². The Morgan fingerprint density at radius 3 is 2.56 bits per heavy atom. The van der Waals surface area contributed by atoms with E-state index in [1.54, 1.807) is 4.68 Å². The summed E-state index contributed by atoms with van der Waals surface area (Å²) in [5, 5.41) is 2.91. The Morgan fingerprint density at radius 1 is 1.04 bits per heavy atom. The molecular weight excluding hydrogens is 335 g/mol. The lowest BCUT2D eigenvalue weighted by atomic mass is 10.0. The highest BCUT2D eigenvalue weighted by Crippen LogP contribution is 2.30. The highest BCUT2D eigenvalue weighted by atomic mass is 19.4. The van der Waals surface area contributed by atoms with Crippen LogP contribution in [0.1, 0.15) is 16.8 Å². The van der Waals surface area contributed by atoms with Crippen LogP contribution in [-0.4, -0.2) is 15.4 Å². The Balaban J connectivity index is 0.00000182. The normalized spacial score (nSPS) is 12.9. The summed E-state index contributed by atoms with van der Waals surface area (Å²) in [6.45, 7) is 0. The predicted octanol–water partition coefficient (Wildman–Crippen LogP) is 2.38. The number of nitrogens with zero attached hydrogens (tertiary/aromatic N) is 2. The van der Waals surface area contributed by atoms with Crippen molar-refractivity contribution >= 4 is 0 Å². The molecule has 0 spiro atoms. The molecule has 0 unspecified atom stereocenters. The smallest absolute Gasteiger partial charge is 0.416 e. The fraction of sp³-hybridized carbons (Fsp3) is 0.176. The van der Waals surface area contributed by atoms with E-state index in [1.807, 2.05) is 24.3 Å². The van der Waals surface area contributed by atoms with E-state index in [4.69, 9.17) is 0 Å². The van der Waals surface area contributed by atoms with E-state index < -0.39 is 11.7 Å². The fourth-order valence-electron chi connectivity index (χ4n) is 3.04. The molecule has 130 valence electrons. The number of aromatic nitrogens is 3. The van der Waals surface area contributed by atoms with E-state index in [1.165, 1.54) is 12.1 Å². The maximum absolute atomic E-state index is 12.9. The zero-order valence-corrected chi connectivity index (χ0v) is 12.9. The van der Waals surface area contributed by atoms with Crippen molar-refractivity contribution in [2.24, 2.45) is 0 Å². The first kappa shape index (κ1) is 17.0. The number of rotatable bonds is 1. The van der Waals surface area contributed by atoms with Gasteiger partial charge in [0.1, 0.15) is 0 Å². The number of halogens is 3. The molecule has 0 bridgehead atoms. The fourth-order valence-corrected chi connectivity index (χ4v) is 3.04. The Labute approximate surface area is 140 Å². The summed E-state index contributed by atoms with van der Waals surface area (Å²) in [7, 11) is 0. The maximum atomic E-state index is 12.9. The standard InChI is InChI=1S/C17H12F3N3O.H2O/c18-17(19,20)12-5-3-6-13(10-12)22-16(24)15-9-8-11-4-1-2-7-14(11)23(15)21-22;/h1-7,10H,8-9H2;1H2. The highest BCUT2D eigenvalue weighted by Gasteiger charge is 2.33. The number of hydrogen-bond acceptors (Lipinski definition) is 2. The zero-order chi connectivity index (χ0) is 16.9. The van der Waals surface area contributed by atoms with Gasteiger partial charge < -0.3 is 5.48 Å². The molecule has 0 atom stereocenters. The van der Waals surface area contributed by atoms with Gasteiger partial charge in [-0.15, -0.1) is 4.68 Å². The monoisotopic (exact) mass is 349 g/mol. The van der Waals surface area contributed by atoms with E-state index in [-0.39, 0.29) is 16.7 Å². The summed E-state index contributed by atoms with van der Waals surface area (Å²) in [5.74, 6) is 0. The summed E-state index contributed by atoms with van der Waals surface area (Å²) in [6.07, 6.45) is -3.18. The third kappa shape index (κ3) is 2.74. The second kappa shape index (κ2) is 5.89. The molecule has 2 N–H and O–H groups in total. The molecule has 2 aromatic carbocycles. The third-order valence-electron chi connectivity index (χ3n) is 4.22. The molecule has 4 rings (SSSR count). The molecule has 1 aromatic heterocycles. The molecule has 0 radical (unpaired) electrons. The first-order valence-corrected chi connectivity index (χ1v) is 7.47. The minimum atomic E-state index is -4.45. The van der Waals surface area contributed by atoms with Crippen LogP contribution in [0.15, 0.2) is 53.3 Å². The average Bonchev–Trinajstić information content (AvgIpc) is 2.92. The number of H-pyrrole nitrogens is 1. The number of para-hydroxylation sites is 1. The van der Waals surface area contributed by atoms with Gasteiger partial charge in [-0.05, 0) is 30.7 Å². The van der Waals surface area contributed by atoms with Crippen LogP contribution in [-0.2, 0) is 19.0 Å². The van der Waals surface area contributed by atoms with E-state index in [2.05, 4.69) is 5.21 Å². The third-order valence-corrected chi connectivity index (χ3v) is 4.22. The van der Waals surface area contributed by atoms with Crippen molar-refractivity contribution in [3.63, 3.8) is 0 Å². The number of aryl methyl sites for hydroxylation is 1. The molecular formula is C17H14F3N3O2. The van der Waals surface area contributed by atoms with Gasteiger partial charge in [0.05, 0.1) is 5.56 Å². The second-order valence-corrected chi connectivity index (χ2v) is 5.70. The Bertz CT molecular complexity index is 989. The minimum absolute atomic E-state index is 0. The number of alkyl halides is 3. The Kier molecular flexibility index (Phi) is 4.00. The van der Waals surface area contributed by atoms with Gasteiger partial charge in [0.25, 0.3) is 0 Å². The van der Waals surface area contributed by atoms with Crippen LogP contribution in [0.3, 0.4) is 0 Å². The summed E-state index contributed by atoms with van der Waals surface area (Å²) < 4.78 is 41.5. The zero-order valence-electron chi connectivity index (χ0n) is 12.9. The van der Waals surface area contributed by atoms with E-state index in [0.29, 0.717) is 12.1 Å². The molecule has 3 aromatic rings. The Morgan fingerprint density at radius 2 is 1.80 bits per heavy atom. The van der Waals surface area contributed by atoms with Crippen LogP contribution < -0.4 is 10.2 Å².